The van der Waals surface area contributed by atoms with Crippen molar-refractivity contribution in [2.24, 2.45) is 9.98 Å². The Morgan fingerprint density at radius 3 is 2.21 bits per heavy atom. The molecule has 2 aliphatic heterocycles. The van der Waals surface area contributed by atoms with Gasteiger partial charge in [0, 0.05) is 6.21 Å². The van der Waals surface area contributed by atoms with Crippen LogP contribution in [0, 0.1) is 0 Å². The lowest BCUT2D eigenvalue weighted by Gasteiger charge is -2.32. The fraction of sp³-hybridized carbons (Fsp3) is 0.778. The van der Waals surface area contributed by atoms with Crippen molar-refractivity contribution in [2.75, 3.05) is 6.67 Å². The largest absolute Gasteiger partial charge is 0.515 e. The second-order valence-corrected chi connectivity index (χ2v) is 4.62. The van der Waals surface area contributed by atoms with Crippen LogP contribution in [0.4, 0.5) is 0 Å². The summed E-state index contributed by atoms with van der Waals surface area (Å²) in [7, 11) is -0.355. The van der Waals surface area contributed by atoms with E-state index in [1.54, 1.807) is 6.21 Å². The van der Waals surface area contributed by atoms with Gasteiger partial charge in [-0.2, -0.15) is 0 Å². The van der Waals surface area contributed by atoms with Crippen LogP contribution in [0.15, 0.2) is 9.98 Å². The summed E-state index contributed by atoms with van der Waals surface area (Å²) in [6, 6.07) is 0. The van der Waals surface area contributed by atoms with Gasteiger partial charge in [0.05, 0.1) is 16.8 Å². The maximum Gasteiger partial charge on any atom is 0.515 e. The molecule has 2 heterocycles. The highest BCUT2D eigenvalue weighted by atomic mass is 16.7. The van der Waals surface area contributed by atoms with E-state index in [0.717, 1.165) is 5.61 Å². The molecule has 0 atom stereocenters. The van der Waals surface area contributed by atoms with Crippen LogP contribution in [0.1, 0.15) is 27.7 Å². The smallest absolute Gasteiger partial charge is 0.398 e. The lowest BCUT2D eigenvalue weighted by atomic mass is 9.83. The monoisotopic (exact) mass is 194 g/mol. The van der Waals surface area contributed by atoms with Gasteiger partial charge >= 0.3 is 7.12 Å². The summed E-state index contributed by atoms with van der Waals surface area (Å²) in [5.41, 5.74) is 0.205. The molecule has 2 rings (SSSR count). The van der Waals surface area contributed by atoms with Crippen molar-refractivity contribution in [2.45, 2.75) is 38.9 Å². The molecule has 0 aromatic heterocycles. The van der Waals surface area contributed by atoms with Gasteiger partial charge in [-0.05, 0) is 27.7 Å². The summed E-state index contributed by atoms with van der Waals surface area (Å²) < 4.78 is 11.6. The van der Waals surface area contributed by atoms with Gasteiger partial charge in [0.15, 0.2) is 0 Å². The molecule has 0 unspecified atom stereocenters. The molecule has 1 saturated heterocycles. The summed E-state index contributed by atoms with van der Waals surface area (Å²) in [6.07, 6.45) is 1.72. The molecule has 76 valence electrons. The van der Waals surface area contributed by atoms with Crippen LogP contribution in [0.3, 0.4) is 0 Å². The number of hydrogen-bond donors (Lipinski definition) is 0. The minimum absolute atomic E-state index is 0.295. The van der Waals surface area contributed by atoms with Crippen LogP contribution < -0.4 is 0 Å². The molecule has 0 bridgehead atoms. The molecule has 0 N–H and O–H groups in total. The number of hydrogen-bond acceptors (Lipinski definition) is 4. The lowest BCUT2D eigenvalue weighted by molar-refractivity contribution is 0.00578. The zero-order valence-electron chi connectivity index (χ0n) is 9.07. The van der Waals surface area contributed by atoms with E-state index in [0.29, 0.717) is 6.67 Å². The molecular formula is C9H15BN2O2. The second-order valence-electron chi connectivity index (χ2n) is 4.62. The van der Waals surface area contributed by atoms with Crippen molar-refractivity contribution >= 4 is 18.9 Å². The van der Waals surface area contributed by atoms with E-state index in [4.69, 9.17) is 9.31 Å². The summed E-state index contributed by atoms with van der Waals surface area (Å²) in [6.45, 7) is 8.61. The van der Waals surface area contributed by atoms with E-state index in [2.05, 4.69) is 9.98 Å². The Balaban J connectivity index is 2.17. The van der Waals surface area contributed by atoms with Crippen LogP contribution in [-0.2, 0) is 9.31 Å². The molecule has 0 amide bonds. The van der Waals surface area contributed by atoms with Crippen molar-refractivity contribution in [1.82, 2.24) is 0 Å². The number of rotatable bonds is 1. The second kappa shape index (κ2) is 2.91. The zero-order chi connectivity index (χ0) is 10.4. The third-order valence-corrected chi connectivity index (χ3v) is 3.05. The molecule has 5 heteroatoms. The molecule has 1 fully saturated rings. The van der Waals surface area contributed by atoms with Gasteiger partial charge in [-0.25, -0.2) is 0 Å². The Hall–Kier alpha value is -0.675. The van der Waals surface area contributed by atoms with E-state index in [1.807, 2.05) is 27.7 Å². The highest BCUT2D eigenvalue weighted by molar-refractivity contribution is 6.93. The maximum absolute atomic E-state index is 5.80. The van der Waals surface area contributed by atoms with Gasteiger partial charge in [0.25, 0.3) is 0 Å². The predicted molar refractivity (Wildman–Crippen MR) is 56.9 cm³/mol. The first kappa shape index (κ1) is 9.86. The number of nitrogens with zero attached hydrogens (tertiary/aromatic N) is 2. The van der Waals surface area contributed by atoms with E-state index < -0.39 is 0 Å². The molecule has 0 aliphatic carbocycles. The van der Waals surface area contributed by atoms with Gasteiger partial charge < -0.3 is 9.31 Å². The van der Waals surface area contributed by atoms with E-state index in [9.17, 15) is 0 Å². The molecule has 0 aromatic carbocycles. The Morgan fingerprint density at radius 1 is 1.21 bits per heavy atom. The van der Waals surface area contributed by atoms with Crippen LogP contribution in [-0.4, -0.2) is 36.8 Å². The van der Waals surface area contributed by atoms with Gasteiger partial charge in [0.2, 0.25) is 0 Å². The van der Waals surface area contributed by atoms with Crippen molar-refractivity contribution in [1.29, 1.82) is 0 Å². The molecule has 0 saturated carbocycles. The molecule has 0 radical (unpaired) electrons. The Morgan fingerprint density at radius 2 is 1.79 bits per heavy atom. The summed E-state index contributed by atoms with van der Waals surface area (Å²) >= 11 is 0. The molecule has 0 aromatic rings. The van der Waals surface area contributed by atoms with Crippen molar-refractivity contribution in [3.63, 3.8) is 0 Å². The van der Waals surface area contributed by atoms with Crippen molar-refractivity contribution in [3.8, 4) is 0 Å². The Labute approximate surface area is 84.6 Å². The van der Waals surface area contributed by atoms with E-state index >= 15 is 0 Å². The first-order valence-electron chi connectivity index (χ1n) is 4.82. The highest BCUT2D eigenvalue weighted by Gasteiger charge is 2.53. The predicted octanol–water partition coefficient (Wildman–Crippen LogP) is 1.10. The molecule has 4 nitrogen and oxygen atoms in total. The minimum atomic E-state index is -0.355. The van der Waals surface area contributed by atoms with Gasteiger partial charge in [-0.3, -0.25) is 9.98 Å². The normalized spacial score (nSPS) is 28.3. The average Bonchev–Trinajstić information content (AvgIpc) is 2.58. The summed E-state index contributed by atoms with van der Waals surface area (Å²) in [5.74, 6) is 0. The fourth-order valence-electron chi connectivity index (χ4n) is 1.40. The van der Waals surface area contributed by atoms with Crippen molar-refractivity contribution in [3.05, 3.63) is 0 Å². The summed E-state index contributed by atoms with van der Waals surface area (Å²) in [4.78, 5) is 8.21. The standard InChI is InChI=1S/C9H15BN2O2/c1-8(2)9(3,4)14-10(13-8)7-5-11-6-12-7/h5H,6H2,1-4H3. The van der Waals surface area contributed by atoms with Crippen LogP contribution in [0.2, 0.25) is 0 Å². The molecule has 14 heavy (non-hydrogen) atoms. The topological polar surface area (TPSA) is 43.2 Å². The van der Waals surface area contributed by atoms with Gasteiger partial charge in [-0.1, -0.05) is 0 Å². The Bertz CT molecular complexity index is 294. The molecule has 2 aliphatic rings. The van der Waals surface area contributed by atoms with Crippen molar-refractivity contribution < 1.29 is 9.31 Å². The fourth-order valence-corrected chi connectivity index (χ4v) is 1.40. The maximum atomic E-state index is 5.80. The third-order valence-electron chi connectivity index (χ3n) is 3.05. The Kier molecular flexibility index (Phi) is 2.05. The first-order valence-corrected chi connectivity index (χ1v) is 4.82. The summed E-state index contributed by atoms with van der Waals surface area (Å²) in [5, 5.41) is 0. The quantitative estimate of drug-likeness (QED) is 0.586. The van der Waals surface area contributed by atoms with E-state index in [-0.39, 0.29) is 18.3 Å². The van der Waals surface area contributed by atoms with Crippen LogP contribution >= 0.6 is 0 Å². The SMILES string of the molecule is CC1(C)OB(C2=NCN=C2)OC1(C)C. The molecular weight excluding hydrogens is 179 g/mol. The minimum Gasteiger partial charge on any atom is -0.398 e. The average molecular weight is 194 g/mol. The van der Waals surface area contributed by atoms with E-state index in [1.165, 1.54) is 0 Å². The van der Waals surface area contributed by atoms with Gasteiger partial charge in [0.1, 0.15) is 6.67 Å². The van der Waals surface area contributed by atoms with Crippen LogP contribution in [0.5, 0.6) is 0 Å². The zero-order valence-corrected chi connectivity index (χ0v) is 9.07. The lowest BCUT2D eigenvalue weighted by Crippen LogP contribution is -2.41. The number of aliphatic imine (C=N–C) groups is 2. The first-order chi connectivity index (χ1) is 6.42. The van der Waals surface area contributed by atoms with Gasteiger partial charge in [-0.15, -0.1) is 0 Å². The third kappa shape index (κ3) is 1.40. The highest BCUT2D eigenvalue weighted by Crippen LogP contribution is 2.36. The molecule has 0 spiro atoms. The van der Waals surface area contributed by atoms with Crippen LogP contribution in [0.25, 0.3) is 0 Å².